The molecule has 0 amide bonds. The van der Waals surface area contributed by atoms with E-state index < -0.39 is 0 Å². The van der Waals surface area contributed by atoms with Gasteiger partial charge >= 0.3 is 0 Å². The summed E-state index contributed by atoms with van der Waals surface area (Å²) in [6.45, 7) is 10.7. The van der Waals surface area contributed by atoms with Crippen LogP contribution in [0.15, 0.2) is 24.4 Å². The van der Waals surface area contributed by atoms with Crippen LogP contribution in [-0.4, -0.2) is 30.7 Å². The first-order valence-electron chi connectivity index (χ1n) is 6.18. The van der Waals surface area contributed by atoms with Gasteiger partial charge in [-0.1, -0.05) is 19.9 Å². The molecule has 0 aromatic carbocycles. The molecule has 0 atom stereocenters. The summed E-state index contributed by atoms with van der Waals surface area (Å²) in [6, 6.07) is 6.09. The van der Waals surface area contributed by atoms with E-state index in [2.05, 4.69) is 49.4 Å². The van der Waals surface area contributed by atoms with Gasteiger partial charge in [0, 0.05) is 35.9 Å². The van der Waals surface area contributed by atoms with Crippen molar-refractivity contribution in [1.82, 2.24) is 15.6 Å². The molecule has 0 radical (unpaired) electrons. The maximum atomic E-state index is 4.44. The van der Waals surface area contributed by atoms with Crippen LogP contribution in [0.2, 0.25) is 0 Å². The second-order valence-corrected chi connectivity index (χ2v) is 5.87. The summed E-state index contributed by atoms with van der Waals surface area (Å²) in [7, 11) is 1.98. The van der Waals surface area contributed by atoms with E-state index in [1.807, 2.05) is 25.4 Å². The zero-order chi connectivity index (χ0) is 12.9. The van der Waals surface area contributed by atoms with E-state index in [1.54, 1.807) is 0 Å². The van der Waals surface area contributed by atoms with Crippen molar-refractivity contribution < 1.29 is 0 Å². The van der Waals surface area contributed by atoms with Crippen LogP contribution in [0.1, 0.15) is 33.4 Å². The molecule has 0 aliphatic rings. The van der Waals surface area contributed by atoms with Crippen molar-refractivity contribution >= 4 is 0 Å². The molecule has 1 heterocycles. The van der Waals surface area contributed by atoms with E-state index in [4.69, 9.17) is 0 Å². The van der Waals surface area contributed by atoms with Gasteiger partial charge in [0.05, 0.1) is 0 Å². The second kappa shape index (κ2) is 5.61. The van der Waals surface area contributed by atoms with E-state index in [0.29, 0.717) is 0 Å². The summed E-state index contributed by atoms with van der Waals surface area (Å²) in [5.74, 6) is 0. The lowest BCUT2D eigenvalue weighted by Gasteiger charge is -2.32. The Morgan fingerprint density at radius 1 is 1.12 bits per heavy atom. The smallest absolute Gasteiger partial charge is 0.0472 e. The molecule has 3 heteroatoms. The fourth-order valence-electron chi connectivity index (χ4n) is 1.82. The maximum Gasteiger partial charge on any atom is 0.0472 e. The standard InChI is InChI=1S/C14H25N3/c1-13(2,12-8-6-7-9-16-12)10-17-14(3,4)11-15-5/h6-9,15,17H,10-11H2,1-5H3. The van der Waals surface area contributed by atoms with E-state index >= 15 is 0 Å². The molecule has 96 valence electrons. The zero-order valence-corrected chi connectivity index (χ0v) is 11.7. The lowest BCUT2D eigenvalue weighted by Crippen LogP contribution is -2.50. The van der Waals surface area contributed by atoms with Crippen molar-refractivity contribution in [3.8, 4) is 0 Å². The SMILES string of the molecule is CNCC(C)(C)NCC(C)(C)c1ccccn1. The molecular formula is C14H25N3. The van der Waals surface area contributed by atoms with Crippen LogP contribution >= 0.6 is 0 Å². The molecule has 1 aromatic heterocycles. The van der Waals surface area contributed by atoms with Gasteiger partial charge in [-0.15, -0.1) is 0 Å². The minimum Gasteiger partial charge on any atom is -0.318 e. The number of hydrogen-bond donors (Lipinski definition) is 2. The van der Waals surface area contributed by atoms with Crippen LogP contribution in [0.4, 0.5) is 0 Å². The molecule has 0 fully saturated rings. The largest absolute Gasteiger partial charge is 0.318 e. The normalized spacial score (nSPS) is 12.8. The van der Waals surface area contributed by atoms with E-state index in [1.165, 1.54) is 0 Å². The Hall–Kier alpha value is -0.930. The third-order valence-electron chi connectivity index (χ3n) is 2.99. The average Bonchev–Trinajstić information content (AvgIpc) is 2.28. The third-order valence-corrected chi connectivity index (χ3v) is 2.99. The van der Waals surface area contributed by atoms with Crippen LogP contribution < -0.4 is 10.6 Å². The minimum atomic E-state index is 0.0479. The molecule has 0 unspecified atom stereocenters. The molecule has 0 aliphatic carbocycles. The Morgan fingerprint density at radius 3 is 2.35 bits per heavy atom. The van der Waals surface area contributed by atoms with Crippen LogP contribution in [0.25, 0.3) is 0 Å². The van der Waals surface area contributed by atoms with Crippen molar-refractivity contribution in [2.45, 2.75) is 38.6 Å². The summed E-state index contributed by atoms with van der Waals surface area (Å²) >= 11 is 0. The molecule has 3 nitrogen and oxygen atoms in total. The maximum absolute atomic E-state index is 4.44. The van der Waals surface area contributed by atoms with Gasteiger partial charge in [-0.3, -0.25) is 4.98 Å². The minimum absolute atomic E-state index is 0.0479. The van der Waals surface area contributed by atoms with Crippen molar-refractivity contribution in [3.05, 3.63) is 30.1 Å². The molecule has 0 saturated carbocycles. The molecule has 0 aliphatic heterocycles. The third kappa shape index (κ3) is 4.44. The first kappa shape index (κ1) is 14.1. The topological polar surface area (TPSA) is 37.0 Å². The second-order valence-electron chi connectivity index (χ2n) is 5.87. The van der Waals surface area contributed by atoms with Crippen molar-refractivity contribution in [3.63, 3.8) is 0 Å². The van der Waals surface area contributed by atoms with Gasteiger partial charge in [0.2, 0.25) is 0 Å². The highest BCUT2D eigenvalue weighted by molar-refractivity contribution is 5.15. The zero-order valence-electron chi connectivity index (χ0n) is 11.7. The molecule has 17 heavy (non-hydrogen) atoms. The Morgan fingerprint density at radius 2 is 1.82 bits per heavy atom. The van der Waals surface area contributed by atoms with Gasteiger partial charge in [0.1, 0.15) is 0 Å². The Bertz CT molecular complexity index is 331. The molecule has 1 rings (SSSR count). The van der Waals surface area contributed by atoms with Crippen molar-refractivity contribution in [2.24, 2.45) is 0 Å². The number of nitrogens with zero attached hydrogens (tertiary/aromatic N) is 1. The number of nitrogens with one attached hydrogen (secondary N) is 2. The quantitative estimate of drug-likeness (QED) is 0.791. The highest BCUT2D eigenvalue weighted by Crippen LogP contribution is 2.20. The predicted molar refractivity (Wildman–Crippen MR) is 73.3 cm³/mol. The molecule has 2 N–H and O–H groups in total. The van der Waals surface area contributed by atoms with Crippen LogP contribution in [0.3, 0.4) is 0 Å². The summed E-state index contributed by atoms with van der Waals surface area (Å²) in [5, 5.41) is 6.80. The highest BCUT2D eigenvalue weighted by atomic mass is 15.0. The fraction of sp³-hybridized carbons (Fsp3) is 0.643. The van der Waals surface area contributed by atoms with Gasteiger partial charge in [0.25, 0.3) is 0 Å². The Balaban J connectivity index is 2.62. The number of likely N-dealkylation sites (N-methyl/N-ethyl adjacent to an activating group) is 1. The number of pyridine rings is 1. The molecule has 0 bridgehead atoms. The fourth-order valence-corrected chi connectivity index (χ4v) is 1.82. The Kier molecular flexibility index (Phi) is 4.66. The van der Waals surface area contributed by atoms with Crippen molar-refractivity contribution in [2.75, 3.05) is 20.1 Å². The highest BCUT2D eigenvalue weighted by Gasteiger charge is 2.25. The average molecular weight is 235 g/mol. The summed E-state index contributed by atoms with van der Waals surface area (Å²) in [5.41, 5.74) is 1.28. The predicted octanol–water partition coefficient (Wildman–Crippen LogP) is 1.95. The number of hydrogen-bond acceptors (Lipinski definition) is 3. The molecule has 0 saturated heterocycles. The van der Waals surface area contributed by atoms with E-state index in [0.717, 1.165) is 18.8 Å². The van der Waals surface area contributed by atoms with Gasteiger partial charge in [-0.2, -0.15) is 0 Å². The van der Waals surface area contributed by atoms with E-state index in [9.17, 15) is 0 Å². The first-order chi connectivity index (χ1) is 7.87. The van der Waals surface area contributed by atoms with Gasteiger partial charge in [-0.25, -0.2) is 0 Å². The van der Waals surface area contributed by atoms with Crippen LogP contribution in [0.5, 0.6) is 0 Å². The lowest BCUT2D eigenvalue weighted by molar-refractivity contribution is 0.329. The molecular weight excluding hydrogens is 210 g/mol. The van der Waals surface area contributed by atoms with Crippen LogP contribution in [-0.2, 0) is 5.41 Å². The van der Waals surface area contributed by atoms with Crippen molar-refractivity contribution in [1.29, 1.82) is 0 Å². The van der Waals surface area contributed by atoms with Gasteiger partial charge < -0.3 is 10.6 Å². The molecule has 1 aromatic rings. The number of rotatable bonds is 6. The summed E-state index contributed by atoms with van der Waals surface area (Å²) < 4.78 is 0. The van der Waals surface area contributed by atoms with E-state index in [-0.39, 0.29) is 11.0 Å². The van der Waals surface area contributed by atoms with Gasteiger partial charge in [0.15, 0.2) is 0 Å². The monoisotopic (exact) mass is 235 g/mol. The first-order valence-corrected chi connectivity index (χ1v) is 6.18. The van der Waals surface area contributed by atoms with Gasteiger partial charge in [-0.05, 0) is 33.0 Å². The molecule has 0 spiro atoms. The number of aromatic nitrogens is 1. The Labute approximate surface area is 105 Å². The van der Waals surface area contributed by atoms with Crippen LogP contribution in [0, 0.1) is 0 Å². The lowest BCUT2D eigenvalue weighted by atomic mass is 9.87. The summed E-state index contributed by atoms with van der Waals surface area (Å²) in [4.78, 5) is 4.44. The summed E-state index contributed by atoms with van der Waals surface area (Å²) in [6.07, 6.45) is 1.86.